The van der Waals surface area contributed by atoms with E-state index in [4.69, 9.17) is 0 Å². The maximum atomic E-state index is 4.52. The monoisotopic (exact) mass is 227 g/mol. The zero-order valence-corrected chi connectivity index (χ0v) is 9.92. The van der Waals surface area contributed by atoms with Crippen molar-refractivity contribution >= 4 is 11.0 Å². The lowest BCUT2D eigenvalue weighted by Gasteiger charge is -2.45. The first-order valence-corrected chi connectivity index (χ1v) is 6.56. The number of piperidine rings is 3. The van der Waals surface area contributed by atoms with Gasteiger partial charge in [-0.15, -0.1) is 0 Å². The molecule has 0 saturated carbocycles. The molecule has 2 aromatic rings. The van der Waals surface area contributed by atoms with E-state index >= 15 is 0 Å². The summed E-state index contributed by atoms with van der Waals surface area (Å²) < 4.78 is 2.41. The molecule has 0 amide bonds. The summed E-state index contributed by atoms with van der Waals surface area (Å²) in [5.41, 5.74) is 2.43. The standard InChI is InChI=1S/C14H17N3/c1-2-4-13-12(3-1)15-10-17(13)14-9-16-7-5-11(14)6-8-16/h1-4,10-11,14H,5-9H2/t14-/m1/s1. The molecule has 3 aliphatic rings. The highest BCUT2D eigenvalue weighted by Gasteiger charge is 2.35. The summed E-state index contributed by atoms with van der Waals surface area (Å²) in [7, 11) is 0. The summed E-state index contributed by atoms with van der Waals surface area (Å²) in [6.07, 6.45) is 4.76. The van der Waals surface area contributed by atoms with Crippen LogP contribution in [0, 0.1) is 5.92 Å². The number of benzene rings is 1. The van der Waals surface area contributed by atoms with Crippen LogP contribution in [0.15, 0.2) is 30.6 Å². The van der Waals surface area contributed by atoms with E-state index in [1.54, 1.807) is 0 Å². The molecule has 4 heterocycles. The minimum atomic E-state index is 0.643. The van der Waals surface area contributed by atoms with E-state index in [1.807, 2.05) is 6.33 Å². The van der Waals surface area contributed by atoms with Crippen molar-refractivity contribution in [2.45, 2.75) is 18.9 Å². The predicted octanol–water partition coefficient (Wildman–Crippen LogP) is 2.30. The fourth-order valence-corrected chi connectivity index (χ4v) is 3.49. The van der Waals surface area contributed by atoms with Crippen LogP contribution in [0.3, 0.4) is 0 Å². The van der Waals surface area contributed by atoms with E-state index < -0.39 is 0 Å². The summed E-state index contributed by atoms with van der Waals surface area (Å²) in [5, 5.41) is 0. The van der Waals surface area contributed by atoms with Gasteiger partial charge < -0.3 is 9.47 Å². The third-order valence-corrected chi connectivity index (χ3v) is 4.46. The molecule has 1 aromatic heterocycles. The van der Waals surface area contributed by atoms with Crippen LogP contribution in [0.4, 0.5) is 0 Å². The van der Waals surface area contributed by atoms with Gasteiger partial charge in [0.05, 0.1) is 23.4 Å². The van der Waals surface area contributed by atoms with Gasteiger partial charge in [-0.1, -0.05) is 12.1 Å². The lowest BCUT2D eigenvalue weighted by Crippen LogP contribution is -2.47. The summed E-state index contributed by atoms with van der Waals surface area (Å²) in [6.45, 7) is 3.81. The zero-order chi connectivity index (χ0) is 11.2. The molecular formula is C14H17N3. The van der Waals surface area contributed by atoms with Gasteiger partial charge in [0, 0.05) is 6.54 Å². The highest BCUT2D eigenvalue weighted by Crippen LogP contribution is 2.36. The Kier molecular flexibility index (Phi) is 2.03. The summed E-state index contributed by atoms with van der Waals surface area (Å²) in [5.74, 6) is 0.859. The number of aromatic nitrogens is 2. The fourth-order valence-electron chi connectivity index (χ4n) is 3.49. The molecule has 0 radical (unpaired) electrons. The third kappa shape index (κ3) is 1.42. The van der Waals surface area contributed by atoms with Crippen LogP contribution < -0.4 is 0 Å². The number of fused-ring (bicyclic) bond motifs is 4. The van der Waals surface area contributed by atoms with Gasteiger partial charge in [0.2, 0.25) is 0 Å². The van der Waals surface area contributed by atoms with Crippen LogP contribution in [0.5, 0.6) is 0 Å². The first kappa shape index (κ1) is 9.66. The zero-order valence-electron chi connectivity index (χ0n) is 9.92. The van der Waals surface area contributed by atoms with Crippen molar-refractivity contribution in [1.29, 1.82) is 0 Å². The van der Waals surface area contributed by atoms with E-state index in [-0.39, 0.29) is 0 Å². The summed E-state index contributed by atoms with van der Waals surface area (Å²) in [4.78, 5) is 7.12. The molecule has 0 spiro atoms. The molecule has 3 saturated heterocycles. The largest absolute Gasteiger partial charge is 0.326 e. The van der Waals surface area contributed by atoms with Crippen molar-refractivity contribution in [3.63, 3.8) is 0 Å². The SMILES string of the molecule is c1ccc2c(c1)ncn2[C@@H]1CN2CCC1CC2. The maximum absolute atomic E-state index is 4.52. The molecular weight excluding hydrogens is 210 g/mol. The van der Waals surface area contributed by atoms with Crippen molar-refractivity contribution in [3.8, 4) is 0 Å². The number of imidazole rings is 1. The van der Waals surface area contributed by atoms with Crippen LogP contribution in [-0.2, 0) is 0 Å². The number of hydrogen-bond donors (Lipinski definition) is 0. The molecule has 3 aliphatic heterocycles. The molecule has 0 aliphatic carbocycles. The second-order valence-corrected chi connectivity index (χ2v) is 5.35. The Morgan fingerprint density at radius 2 is 1.94 bits per heavy atom. The molecule has 1 atom stereocenters. The van der Waals surface area contributed by atoms with E-state index in [0.717, 1.165) is 11.4 Å². The van der Waals surface area contributed by atoms with Crippen LogP contribution in [0.25, 0.3) is 11.0 Å². The van der Waals surface area contributed by atoms with Crippen molar-refractivity contribution in [2.24, 2.45) is 5.92 Å². The van der Waals surface area contributed by atoms with E-state index in [1.165, 1.54) is 38.0 Å². The van der Waals surface area contributed by atoms with E-state index in [9.17, 15) is 0 Å². The quantitative estimate of drug-likeness (QED) is 0.745. The van der Waals surface area contributed by atoms with Gasteiger partial charge in [0.1, 0.15) is 0 Å². The Morgan fingerprint density at radius 1 is 1.12 bits per heavy atom. The minimum absolute atomic E-state index is 0.643. The Hall–Kier alpha value is -1.35. The molecule has 0 unspecified atom stereocenters. The van der Waals surface area contributed by atoms with Crippen molar-refractivity contribution in [2.75, 3.05) is 19.6 Å². The second-order valence-electron chi connectivity index (χ2n) is 5.35. The molecule has 0 N–H and O–H groups in total. The average Bonchev–Trinajstić information content (AvgIpc) is 2.84. The number of para-hydroxylation sites is 2. The number of hydrogen-bond acceptors (Lipinski definition) is 2. The minimum Gasteiger partial charge on any atom is -0.326 e. The lowest BCUT2D eigenvalue weighted by molar-refractivity contribution is 0.0588. The van der Waals surface area contributed by atoms with Crippen LogP contribution >= 0.6 is 0 Å². The van der Waals surface area contributed by atoms with Gasteiger partial charge in [-0.2, -0.15) is 0 Å². The molecule has 2 bridgehead atoms. The van der Waals surface area contributed by atoms with Crippen LogP contribution in [0.2, 0.25) is 0 Å². The second kappa shape index (κ2) is 3.57. The Morgan fingerprint density at radius 3 is 2.71 bits per heavy atom. The molecule has 3 fully saturated rings. The van der Waals surface area contributed by atoms with E-state index in [0.29, 0.717) is 6.04 Å². The molecule has 17 heavy (non-hydrogen) atoms. The summed E-state index contributed by atoms with van der Waals surface area (Å²) in [6, 6.07) is 9.12. The molecule has 5 rings (SSSR count). The normalized spacial score (nSPS) is 32.1. The topological polar surface area (TPSA) is 21.1 Å². The molecule has 1 aromatic carbocycles. The van der Waals surface area contributed by atoms with Crippen LogP contribution in [0.1, 0.15) is 18.9 Å². The summed E-state index contributed by atoms with van der Waals surface area (Å²) >= 11 is 0. The fraction of sp³-hybridized carbons (Fsp3) is 0.500. The van der Waals surface area contributed by atoms with Gasteiger partial charge in [0.25, 0.3) is 0 Å². The highest BCUT2D eigenvalue weighted by atomic mass is 15.2. The van der Waals surface area contributed by atoms with Gasteiger partial charge in [0.15, 0.2) is 0 Å². The Bertz CT molecular complexity index is 537. The van der Waals surface area contributed by atoms with Crippen molar-refractivity contribution in [3.05, 3.63) is 30.6 Å². The highest BCUT2D eigenvalue weighted by molar-refractivity contribution is 5.75. The van der Waals surface area contributed by atoms with Crippen molar-refractivity contribution < 1.29 is 0 Å². The van der Waals surface area contributed by atoms with Crippen LogP contribution in [-0.4, -0.2) is 34.1 Å². The molecule has 88 valence electrons. The molecule has 3 nitrogen and oxygen atoms in total. The predicted molar refractivity (Wildman–Crippen MR) is 67.9 cm³/mol. The first-order valence-electron chi connectivity index (χ1n) is 6.56. The van der Waals surface area contributed by atoms with Gasteiger partial charge in [-0.05, 0) is 44.0 Å². The number of nitrogens with zero attached hydrogens (tertiary/aromatic N) is 3. The van der Waals surface area contributed by atoms with Crippen molar-refractivity contribution in [1.82, 2.24) is 14.5 Å². The van der Waals surface area contributed by atoms with Gasteiger partial charge in [-0.25, -0.2) is 4.98 Å². The lowest BCUT2D eigenvalue weighted by atomic mass is 9.84. The molecule has 3 heteroatoms. The third-order valence-electron chi connectivity index (χ3n) is 4.46. The Balaban J connectivity index is 1.79. The Labute approximate surface area is 101 Å². The first-order chi connectivity index (χ1) is 8.42. The maximum Gasteiger partial charge on any atom is 0.0961 e. The average molecular weight is 227 g/mol. The van der Waals surface area contributed by atoms with E-state index in [2.05, 4.69) is 38.7 Å². The smallest absolute Gasteiger partial charge is 0.0961 e. The van der Waals surface area contributed by atoms with Gasteiger partial charge >= 0.3 is 0 Å². The van der Waals surface area contributed by atoms with Gasteiger partial charge in [-0.3, -0.25) is 0 Å². The number of rotatable bonds is 1.